The molecule has 1 amide bonds. The van der Waals surface area contributed by atoms with Crippen molar-refractivity contribution < 1.29 is 9.53 Å². The van der Waals surface area contributed by atoms with E-state index in [-0.39, 0.29) is 5.91 Å². The molecular weight excluding hydrogens is 338 g/mol. The summed E-state index contributed by atoms with van der Waals surface area (Å²) in [4.78, 5) is 19.0. The van der Waals surface area contributed by atoms with Crippen LogP contribution in [0.25, 0.3) is 0 Å². The molecule has 3 aliphatic rings. The zero-order valence-electron chi connectivity index (χ0n) is 14.4. The Morgan fingerprint density at radius 3 is 2.96 bits per heavy atom. The summed E-state index contributed by atoms with van der Waals surface area (Å²) in [6.07, 6.45) is 7.94. The van der Waals surface area contributed by atoms with Crippen molar-refractivity contribution in [3.05, 3.63) is 34.9 Å². The van der Waals surface area contributed by atoms with Gasteiger partial charge in [-0.05, 0) is 11.0 Å². The monoisotopic (exact) mass is 361 g/mol. The van der Waals surface area contributed by atoms with Crippen LogP contribution in [0.2, 0.25) is 0 Å². The number of carbonyl (C=O) groups excluding carboxylic acids is 1. The summed E-state index contributed by atoms with van der Waals surface area (Å²) in [5.41, 5.74) is 2.05. The fraction of sp³-hybridized carbons (Fsp3) is 0.471. The number of carbonyl (C=O) groups is 1. The Labute approximate surface area is 152 Å². The number of allylic oxidation sites excluding steroid dienone is 2. The highest BCUT2D eigenvalue weighted by Gasteiger charge is 2.23. The van der Waals surface area contributed by atoms with Crippen molar-refractivity contribution in [1.82, 2.24) is 15.2 Å². The Morgan fingerprint density at radius 1 is 1.40 bits per heavy atom. The normalized spacial score (nSPS) is 24.3. The molecule has 0 aromatic rings. The number of hydrazone groups is 1. The van der Waals surface area contributed by atoms with E-state index in [0.29, 0.717) is 12.4 Å². The SMILES string of the molecule is CN=C1NC(CN2CCOCC2)=CCC(=O)N1/N=C/C1=CC=CSC1. The molecule has 3 rings (SSSR count). The van der Waals surface area contributed by atoms with Gasteiger partial charge in [0.25, 0.3) is 5.91 Å². The Bertz CT molecular complexity index is 647. The van der Waals surface area contributed by atoms with Crippen LogP contribution in [0.1, 0.15) is 6.42 Å². The van der Waals surface area contributed by atoms with Gasteiger partial charge < -0.3 is 10.1 Å². The lowest BCUT2D eigenvalue weighted by atomic mass is 10.3. The average molecular weight is 361 g/mol. The van der Waals surface area contributed by atoms with Crippen LogP contribution in [0.15, 0.2) is 45.0 Å². The molecule has 0 bridgehead atoms. The van der Waals surface area contributed by atoms with Gasteiger partial charge in [0.05, 0.1) is 19.4 Å². The predicted molar refractivity (Wildman–Crippen MR) is 101 cm³/mol. The van der Waals surface area contributed by atoms with E-state index in [9.17, 15) is 4.79 Å². The van der Waals surface area contributed by atoms with Gasteiger partial charge in [0.2, 0.25) is 5.96 Å². The maximum atomic E-state index is 12.5. The first kappa shape index (κ1) is 17.9. The lowest BCUT2D eigenvalue weighted by Crippen LogP contribution is -2.43. The molecule has 0 aliphatic carbocycles. The summed E-state index contributed by atoms with van der Waals surface area (Å²) in [6.45, 7) is 4.04. The van der Waals surface area contributed by atoms with E-state index in [1.165, 1.54) is 5.01 Å². The fourth-order valence-corrected chi connectivity index (χ4v) is 3.31. The van der Waals surface area contributed by atoms with Crippen LogP contribution in [0.3, 0.4) is 0 Å². The van der Waals surface area contributed by atoms with Gasteiger partial charge in [0.1, 0.15) is 0 Å². The van der Waals surface area contributed by atoms with Gasteiger partial charge in [-0.15, -0.1) is 11.8 Å². The number of ether oxygens (including phenoxy) is 1. The van der Waals surface area contributed by atoms with Crippen molar-refractivity contribution in [3.63, 3.8) is 0 Å². The Morgan fingerprint density at radius 2 is 2.24 bits per heavy atom. The molecule has 0 unspecified atom stereocenters. The minimum absolute atomic E-state index is 0.0964. The number of hydrogen-bond donors (Lipinski definition) is 1. The Hall–Kier alpha value is -1.90. The quantitative estimate of drug-likeness (QED) is 0.762. The maximum Gasteiger partial charge on any atom is 0.253 e. The maximum absolute atomic E-state index is 12.5. The van der Waals surface area contributed by atoms with E-state index in [1.54, 1.807) is 25.0 Å². The molecule has 7 nitrogen and oxygen atoms in total. The first-order chi connectivity index (χ1) is 12.3. The molecule has 3 aliphatic heterocycles. The molecule has 1 saturated heterocycles. The third kappa shape index (κ3) is 5.04. The van der Waals surface area contributed by atoms with Crippen LogP contribution < -0.4 is 5.32 Å². The number of thioether (sulfide) groups is 1. The lowest BCUT2D eigenvalue weighted by Gasteiger charge is -2.28. The zero-order chi connectivity index (χ0) is 17.5. The van der Waals surface area contributed by atoms with Gasteiger partial charge in [-0.2, -0.15) is 10.1 Å². The standard InChI is InChI=1S/C17H23N5O2S/c1-18-17-20-15(12-21-6-8-24-9-7-21)4-5-16(23)22(17)19-11-14-3-2-10-25-13-14/h2-4,10-11H,5-9,12-13H2,1H3,(H,18,20)/b19-11+. The Balaban J connectivity index is 1.67. The number of hydrogen-bond acceptors (Lipinski definition) is 6. The van der Waals surface area contributed by atoms with Crippen molar-refractivity contribution >= 4 is 29.8 Å². The molecule has 1 N–H and O–H groups in total. The molecule has 134 valence electrons. The van der Waals surface area contributed by atoms with Crippen LogP contribution >= 0.6 is 11.8 Å². The highest BCUT2D eigenvalue weighted by molar-refractivity contribution is 8.02. The second-order valence-corrected chi connectivity index (χ2v) is 6.72. The Kier molecular flexibility index (Phi) is 6.43. The molecule has 0 aromatic heterocycles. The van der Waals surface area contributed by atoms with Gasteiger partial charge in [-0.25, -0.2) is 0 Å². The zero-order valence-corrected chi connectivity index (χ0v) is 15.2. The van der Waals surface area contributed by atoms with Gasteiger partial charge >= 0.3 is 0 Å². The fourth-order valence-electron chi connectivity index (χ4n) is 2.66. The highest BCUT2D eigenvalue weighted by Crippen LogP contribution is 2.14. The first-order valence-electron chi connectivity index (χ1n) is 8.33. The second kappa shape index (κ2) is 8.98. The van der Waals surface area contributed by atoms with Crippen LogP contribution in [-0.2, 0) is 9.53 Å². The molecule has 0 saturated carbocycles. The van der Waals surface area contributed by atoms with Crippen LogP contribution in [0.4, 0.5) is 0 Å². The summed E-state index contributed by atoms with van der Waals surface area (Å²) in [5, 5.41) is 11.0. The topological polar surface area (TPSA) is 69.5 Å². The van der Waals surface area contributed by atoms with Gasteiger partial charge in [-0.1, -0.05) is 18.2 Å². The van der Waals surface area contributed by atoms with E-state index in [1.807, 2.05) is 23.6 Å². The van der Waals surface area contributed by atoms with Crippen molar-refractivity contribution in [2.75, 3.05) is 45.6 Å². The second-order valence-electron chi connectivity index (χ2n) is 5.83. The van der Waals surface area contributed by atoms with Gasteiger partial charge in [0, 0.05) is 44.6 Å². The van der Waals surface area contributed by atoms with E-state index >= 15 is 0 Å². The number of guanidine groups is 1. The number of nitrogens with zero attached hydrogens (tertiary/aromatic N) is 4. The minimum Gasteiger partial charge on any atom is -0.379 e. The number of aliphatic imine (C=N–C) groups is 1. The summed E-state index contributed by atoms with van der Waals surface area (Å²) in [5.74, 6) is 1.22. The third-order valence-electron chi connectivity index (χ3n) is 4.02. The van der Waals surface area contributed by atoms with Crippen molar-refractivity contribution in [3.8, 4) is 0 Å². The molecule has 0 aromatic carbocycles. The van der Waals surface area contributed by atoms with Gasteiger partial charge in [0.15, 0.2) is 0 Å². The minimum atomic E-state index is -0.0964. The summed E-state index contributed by atoms with van der Waals surface area (Å²) < 4.78 is 5.38. The molecule has 0 spiro atoms. The van der Waals surface area contributed by atoms with E-state index < -0.39 is 0 Å². The average Bonchev–Trinajstić information content (AvgIpc) is 2.80. The molecular formula is C17H23N5O2S. The number of amides is 1. The van der Waals surface area contributed by atoms with E-state index in [4.69, 9.17) is 4.74 Å². The predicted octanol–water partition coefficient (Wildman–Crippen LogP) is 1.18. The molecule has 0 atom stereocenters. The number of morpholine rings is 1. The highest BCUT2D eigenvalue weighted by atomic mass is 32.2. The van der Waals surface area contributed by atoms with Crippen LogP contribution in [0.5, 0.6) is 0 Å². The van der Waals surface area contributed by atoms with Crippen molar-refractivity contribution in [1.29, 1.82) is 0 Å². The smallest absolute Gasteiger partial charge is 0.253 e. The van der Waals surface area contributed by atoms with Crippen molar-refractivity contribution in [2.45, 2.75) is 6.42 Å². The van der Waals surface area contributed by atoms with Crippen LogP contribution in [-0.4, -0.2) is 73.6 Å². The summed E-state index contributed by atoms with van der Waals surface area (Å²) in [6, 6.07) is 0. The van der Waals surface area contributed by atoms with E-state index in [0.717, 1.165) is 49.9 Å². The molecule has 1 fully saturated rings. The summed E-state index contributed by atoms with van der Waals surface area (Å²) in [7, 11) is 1.66. The molecule has 3 heterocycles. The van der Waals surface area contributed by atoms with Gasteiger partial charge in [-0.3, -0.25) is 14.7 Å². The number of nitrogens with one attached hydrogen (secondary N) is 1. The van der Waals surface area contributed by atoms with E-state index in [2.05, 4.69) is 20.3 Å². The molecule has 0 radical (unpaired) electrons. The van der Waals surface area contributed by atoms with Crippen LogP contribution in [0, 0.1) is 0 Å². The summed E-state index contributed by atoms with van der Waals surface area (Å²) >= 11 is 1.71. The molecule has 8 heteroatoms. The molecule has 25 heavy (non-hydrogen) atoms. The lowest BCUT2D eigenvalue weighted by molar-refractivity contribution is -0.126. The first-order valence-corrected chi connectivity index (χ1v) is 9.38. The largest absolute Gasteiger partial charge is 0.379 e. The van der Waals surface area contributed by atoms with Crippen molar-refractivity contribution in [2.24, 2.45) is 10.1 Å². The third-order valence-corrected chi connectivity index (χ3v) is 4.87. The number of rotatable bonds is 4.